The van der Waals surface area contributed by atoms with E-state index in [0.717, 1.165) is 31.2 Å². The van der Waals surface area contributed by atoms with Gasteiger partial charge in [0.05, 0.1) is 26.2 Å². The van der Waals surface area contributed by atoms with Crippen molar-refractivity contribution in [3.05, 3.63) is 28.8 Å². The molecule has 0 aliphatic heterocycles. The number of nitrogens with two attached hydrogens (primary N) is 1. The molecule has 0 spiro atoms. The van der Waals surface area contributed by atoms with Gasteiger partial charge in [0, 0.05) is 0 Å². The van der Waals surface area contributed by atoms with E-state index >= 15 is 0 Å². The summed E-state index contributed by atoms with van der Waals surface area (Å²) in [7, 11) is 3.20. The number of anilines is 1. The summed E-state index contributed by atoms with van der Waals surface area (Å²) in [6, 6.07) is 5.72. The van der Waals surface area contributed by atoms with Gasteiger partial charge < -0.3 is 20.5 Å². The normalized spacial score (nSPS) is 15.8. The molecular weight excluding hydrogens is 340 g/mol. The maximum Gasteiger partial charge on any atom is 0.231 e. The molecule has 8 heteroatoms. The fourth-order valence-corrected chi connectivity index (χ4v) is 3.97. The molecule has 1 aliphatic rings. The number of rotatable bonds is 6. The zero-order valence-electron chi connectivity index (χ0n) is 14.4. The van der Waals surface area contributed by atoms with E-state index < -0.39 is 5.41 Å². The number of aromatic nitrogens is 2. The zero-order chi connectivity index (χ0) is 17.9. The molecule has 0 saturated heterocycles. The molecular formula is C17H22N4O3S. The Bertz CT molecular complexity index is 756. The van der Waals surface area contributed by atoms with Crippen LogP contribution < -0.4 is 20.5 Å². The third-order valence-corrected chi connectivity index (χ3v) is 5.46. The Kier molecular flexibility index (Phi) is 5.08. The molecule has 25 heavy (non-hydrogen) atoms. The van der Waals surface area contributed by atoms with Gasteiger partial charge in [0.25, 0.3) is 0 Å². The first kappa shape index (κ1) is 17.5. The highest BCUT2D eigenvalue weighted by atomic mass is 32.1. The van der Waals surface area contributed by atoms with E-state index in [1.165, 1.54) is 11.3 Å². The van der Waals surface area contributed by atoms with Crippen LogP contribution in [-0.2, 0) is 16.8 Å². The lowest BCUT2D eigenvalue weighted by Crippen LogP contribution is -2.42. The van der Waals surface area contributed by atoms with E-state index in [-0.39, 0.29) is 5.91 Å². The van der Waals surface area contributed by atoms with Crippen LogP contribution in [0.5, 0.6) is 11.5 Å². The number of carbonyl (C=O) groups is 1. The lowest BCUT2D eigenvalue weighted by atomic mass is 9.78. The Balaban J connectivity index is 1.84. The van der Waals surface area contributed by atoms with Gasteiger partial charge in [0.15, 0.2) is 11.5 Å². The first-order chi connectivity index (χ1) is 12.1. The summed E-state index contributed by atoms with van der Waals surface area (Å²) in [4.78, 5) is 13.0. The van der Waals surface area contributed by atoms with Gasteiger partial charge >= 0.3 is 0 Å². The zero-order valence-corrected chi connectivity index (χ0v) is 15.2. The molecule has 1 amide bonds. The quantitative estimate of drug-likeness (QED) is 0.818. The SMILES string of the molecule is COc1ccc(C2(C(=O)NCc3nnc(N)s3)CCCC2)cc1OC. The third kappa shape index (κ3) is 3.39. The molecule has 1 heterocycles. The van der Waals surface area contributed by atoms with Gasteiger partial charge in [-0.15, -0.1) is 10.2 Å². The van der Waals surface area contributed by atoms with Gasteiger partial charge in [-0.2, -0.15) is 0 Å². The Labute approximate surface area is 150 Å². The number of amides is 1. The summed E-state index contributed by atoms with van der Waals surface area (Å²) in [5.74, 6) is 1.30. The second-order valence-electron chi connectivity index (χ2n) is 6.08. The van der Waals surface area contributed by atoms with Crippen LogP contribution in [0.3, 0.4) is 0 Å². The summed E-state index contributed by atoms with van der Waals surface area (Å²) >= 11 is 1.28. The summed E-state index contributed by atoms with van der Waals surface area (Å²) in [6.45, 7) is 0.336. The first-order valence-corrected chi connectivity index (χ1v) is 8.99. The molecule has 0 bridgehead atoms. The summed E-state index contributed by atoms with van der Waals surface area (Å²) in [5.41, 5.74) is 6.00. The largest absolute Gasteiger partial charge is 0.493 e. The minimum atomic E-state index is -0.546. The predicted octanol–water partition coefficient (Wildman–Crippen LogP) is 2.27. The van der Waals surface area contributed by atoms with Gasteiger partial charge in [-0.1, -0.05) is 30.2 Å². The van der Waals surface area contributed by atoms with Crippen LogP contribution in [0.15, 0.2) is 18.2 Å². The van der Waals surface area contributed by atoms with Crippen molar-refractivity contribution in [1.29, 1.82) is 0 Å². The molecule has 0 radical (unpaired) electrons. The lowest BCUT2D eigenvalue weighted by Gasteiger charge is -2.28. The average Bonchev–Trinajstić information content (AvgIpc) is 3.29. The highest BCUT2D eigenvalue weighted by Crippen LogP contribution is 2.44. The van der Waals surface area contributed by atoms with Gasteiger partial charge in [-0.05, 0) is 30.5 Å². The molecule has 1 aromatic carbocycles. The third-order valence-electron chi connectivity index (χ3n) is 4.71. The molecule has 134 valence electrons. The number of ether oxygens (including phenoxy) is 2. The van der Waals surface area contributed by atoms with Crippen molar-refractivity contribution in [3.63, 3.8) is 0 Å². The van der Waals surface area contributed by atoms with Gasteiger partial charge in [-0.3, -0.25) is 4.79 Å². The van der Waals surface area contributed by atoms with Crippen LogP contribution in [0.1, 0.15) is 36.3 Å². The van der Waals surface area contributed by atoms with Crippen molar-refractivity contribution >= 4 is 22.4 Å². The number of hydrogen-bond acceptors (Lipinski definition) is 7. The van der Waals surface area contributed by atoms with Crippen molar-refractivity contribution < 1.29 is 14.3 Å². The first-order valence-electron chi connectivity index (χ1n) is 8.18. The standard InChI is InChI=1S/C17H22N4O3S/c1-23-12-6-5-11(9-13(12)24-2)17(7-3-4-8-17)15(22)19-10-14-20-21-16(18)25-14/h5-6,9H,3-4,7-8,10H2,1-2H3,(H2,18,21)(H,19,22). The average molecular weight is 362 g/mol. The van der Waals surface area contributed by atoms with Crippen molar-refractivity contribution in [2.75, 3.05) is 20.0 Å². The number of hydrogen-bond donors (Lipinski definition) is 2. The van der Waals surface area contributed by atoms with Crippen molar-refractivity contribution in [2.45, 2.75) is 37.6 Å². The van der Waals surface area contributed by atoms with Crippen molar-refractivity contribution in [1.82, 2.24) is 15.5 Å². The molecule has 7 nitrogen and oxygen atoms in total. The smallest absolute Gasteiger partial charge is 0.231 e. The number of methoxy groups -OCH3 is 2. The number of nitrogens with one attached hydrogen (secondary N) is 1. The van der Waals surface area contributed by atoms with E-state index in [1.807, 2.05) is 18.2 Å². The Morgan fingerprint density at radius 1 is 1.24 bits per heavy atom. The maximum absolute atomic E-state index is 13.0. The van der Waals surface area contributed by atoms with E-state index in [0.29, 0.717) is 28.2 Å². The van der Waals surface area contributed by atoms with Crippen molar-refractivity contribution in [3.8, 4) is 11.5 Å². The van der Waals surface area contributed by atoms with Crippen molar-refractivity contribution in [2.24, 2.45) is 0 Å². The Morgan fingerprint density at radius 2 is 1.96 bits per heavy atom. The van der Waals surface area contributed by atoms with Gasteiger partial charge in [0.2, 0.25) is 11.0 Å². The molecule has 1 fully saturated rings. The van der Waals surface area contributed by atoms with Crippen LogP contribution in [0.4, 0.5) is 5.13 Å². The van der Waals surface area contributed by atoms with Crippen LogP contribution in [0.25, 0.3) is 0 Å². The molecule has 1 aliphatic carbocycles. The molecule has 1 aromatic heterocycles. The highest BCUT2D eigenvalue weighted by Gasteiger charge is 2.43. The monoisotopic (exact) mass is 362 g/mol. The molecule has 1 saturated carbocycles. The van der Waals surface area contributed by atoms with Crippen LogP contribution >= 0.6 is 11.3 Å². The highest BCUT2D eigenvalue weighted by molar-refractivity contribution is 7.15. The van der Waals surface area contributed by atoms with Gasteiger partial charge in [-0.25, -0.2) is 0 Å². The lowest BCUT2D eigenvalue weighted by molar-refractivity contribution is -0.126. The number of carbonyl (C=O) groups excluding carboxylic acids is 1. The fraction of sp³-hybridized carbons (Fsp3) is 0.471. The van der Waals surface area contributed by atoms with Crippen LogP contribution in [-0.4, -0.2) is 30.3 Å². The number of nitrogens with zero attached hydrogens (tertiary/aromatic N) is 2. The fourth-order valence-electron chi connectivity index (χ4n) is 3.42. The Morgan fingerprint density at radius 3 is 2.56 bits per heavy atom. The summed E-state index contributed by atoms with van der Waals surface area (Å²) in [5, 5.41) is 11.8. The minimum absolute atomic E-state index is 0.00555. The molecule has 3 rings (SSSR count). The molecule has 0 unspecified atom stereocenters. The second kappa shape index (κ2) is 7.26. The molecule has 2 aromatic rings. The van der Waals surface area contributed by atoms with E-state index in [9.17, 15) is 4.79 Å². The van der Waals surface area contributed by atoms with E-state index in [2.05, 4.69) is 15.5 Å². The summed E-state index contributed by atoms with van der Waals surface area (Å²) < 4.78 is 10.7. The van der Waals surface area contributed by atoms with Crippen LogP contribution in [0.2, 0.25) is 0 Å². The van der Waals surface area contributed by atoms with Crippen LogP contribution in [0, 0.1) is 0 Å². The van der Waals surface area contributed by atoms with E-state index in [4.69, 9.17) is 15.2 Å². The number of nitrogen functional groups attached to an aromatic ring is 1. The topological polar surface area (TPSA) is 99.4 Å². The maximum atomic E-state index is 13.0. The Hall–Kier alpha value is -2.35. The minimum Gasteiger partial charge on any atom is -0.493 e. The van der Waals surface area contributed by atoms with E-state index in [1.54, 1.807) is 14.2 Å². The van der Waals surface area contributed by atoms with Gasteiger partial charge in [0.1, 0.15) is 5.01 Å². The summed E-state index contributed by atoms with van der Waals surface area (Å²) in [6.07, 6.45) is 3.67. The second-order valence-corrected chi connectivity index (χ2v) is 7.17. The molecule has 0 atom stereocenters. The molecule has 3 N–H and O–H groups in total. The predicted molar refractivity (Wildman–Crippen MR) is 95.9 cm³/mol. The number of benzene rings is 1.